The van der Waals surface area contributed by atoms with E-state index >= 15 is 0 Å². The Morgan fingerprint density at radius 2 is 1.80 bits per heavy atom. The van der Waals surface area contributed by atoms with Crippen molar-refractivity contribution in [1.82, 2.24) is 5.32 Å². The van der Waals surface area contributed by atoms with Gasteiger partial charge in [-0.15, -0.1) is 0 Å². The first-order valence-corrected chi connectivity index (χ1v) is 10.4. The van der Waals surface area contributed by atoms with Gasteiger partial charge in [-0.25, -0.2) is 4.99 Å². The molecule has 30 heavy (non-hydrogen) atoms. The Kier molecular flexibility index (Phi) is 5.74. The molecular weight excluding hydrogens is 368 g/mol. The van der Waals surface area contributed by atoms with E-state index in [4.69, 9.17) is 9.98 Å². The molecule has 1 N–H and O–H groups in total. The van der Waals surface area contributed by atoms with E-state index in [-0.39, 0.29) is 0 Å². The van der Waals surface area contributed by atoms with E-state index in [2.05, 4.69) is 73.8 Å². The van der Waals surface area contributed by atoms with Crippen molar-refractivity contribution < 1.29 is 0 Å². The van der Waals surface area contributed by atoms with Gasteiger partial charge in [-0.05, 0) is 52.9 Å². The highest BCUT2D eigenvalue weighted by molar-refractivity contribution is 6.21. The van der Waals surface area contributed by atoms with Crippen molar-refractivity contribution in [3.63, 3.8) is 0 Å². The third kappa shape index (κ3) is 3.90. The fraction of sp³-hybridized carbons (Fsp3) is 0.269. The zero-order chi connectivity index (χ0) is 21.1. The van der Waals surface area contributed by atoms with Crippen molar-refractivity contribution in [2.45, 2.75) is 26.8 Å². The van der Waals surface area contributed by atoms with E-state index in [0.29, 0.717) is 12.5 Å². The Morgan fingerprint density at radius 1 is 1.03 bits per heavy atom. The predicted octanol–water partition coefficient (Wildman–Crippen LogP) is 4.88. The molecule has 1 aliphatic heterocycles. The summed E-state index contributed by atoms with van der Waals surface area (Å²) in [5, 5.41) is 15.2. The summed E-state index contributed by atoms with van der Waals surface area (Å²) in [6, 6.07) is 21.1. The molecule has 3 aromatic carbocycles. The van der Waals surface area contributed by atoms with Gasteiger partial charge in [0, 0.05) is 12.1 Å². The van der Waals surface area contributed by atoms with Gasteiger partial charge in [0.2, 0.25) is 0 Å². The maximum absolute atomic E-state index is 9.59. The minimum Gasteiger partial charge on any atom is -0.316 e. The van der Waals surface area contributed by atoms with E-state index in [1.165, 1.54) is 16.3 Å². The predicted molar refractivity (Wildman–Crippen MR) is 124 cm³/mol. The third-order valence-corrected chi connectivity index (χ3v) is 5.43. The number of hydrogen-bond acceptors (Lipinski definition) is 4. The second-order valence-corrected chi connectivity index (χ2v) is 8.13. The second kappa shape index (κ2) is 8.61. The summed E-state index contributed by atoms with van der Waals surface area (Å²) in [5.41, 5.74) is 6.05. The molecule has 0 aliphatic carbocycles. The number of fused-ring (bicyclic) bond motifs is 1. The summed E-state index contributed by atoms with van der Waals surface area (Å²) in [4.78, 5) is 9.59. The topological polar surface area (TPSA) is 60.5 Å². The van der Waals surface area contributed by atoms with Gasteiger partial charge in [-0.3, -0.25) is 4.99 Å². The van der Waals surface area contributed by atoms with Crippen molar-refractivity contribution >= 4 is 22.3 Å². The maximum atomic E-state index is 9.59. The van der Waals surface area contributed by atoms with E-state index in [9.17, 15) is 5.26 Å². The van der Waals surface area contributed by atoms with E-state index in [0.717, 1.165) is 46.8 Å². The molecule has 150 valence electrons. The molecule has 0 amide bonds. The van der Waals surface area contributed by atoms with Crippen LogP contribution in [0.2, 0.25) is 0 Å². The zero-order valence-corrected chi connectivity index (χ0v) is 17.7. The molecule has 0 unspecified atom stereocenters. The van der Waals surface area contributed by atoms with Crippen LogP contribution in [-0.4, -0.2) is 25.1 Å². The van der Waals surface area contributed by atoms with E-state index < -0.39 is 0 Å². The van der Waals surface area contributed by atoms with Gasteiger partial charge in [0.15, 0.2) is 5.84 Å². The molecule has 1 heterocycles. The van der Waals surface area contributed by atoms with Crippen LogP contribution in [0, 0.1) is 17.2 Å². The molecule has 0 spiro atoms. The third-order valence-electron chi connectivity index (χ3n) is 5.43. The van der Waals surface area contributed by atoms with Crippen molar-refractivity contribution in [3.05, 3.63) is 82.4 Å². The minimum atomic E-state index is 0.515. The summed E-state index contributed by atoms with van der Waals surface area (Å²) in [6.45, 7) is 5.70. The average molecular weight is 395 g/mol. The Hall–Kier alpha value is -3.29. The van der Waals surface area contributed by atoms with E-state index in [1.54, 1.807) is 0 Å². The van der Waals surface area contributed by atoms with Crippen LogP contribution in [0.25, 0.3) is 10.8 Å². The maximum Gasteiger partial charge on any atom is 0.155 e. The Balaban J connectivity index is 1.69. The normalized spacial score (nSPS) is 13.4. The first-order chi connectivity index (χ1) is 14.6. The number of benzene rings is 3. The molecule has 0 bridgehead atoms. The molecule has 3 aromatic rings. The number of nitrogens with zero attached hydrogens (tertiary/aromatic N) is 3. The highest BCUT2D eigenvalue weighted by Crippen LogP contribution is 2.26. The van der Waals surface area contributed by atoms with Gasteiger partial charge < -0.3 is 5.32 Å². The van der Waals surface area contributed by atoms with Gasteiger partial charge in [0.05, 0.1) is 23.9 Å². The first-order valence-electron chi connectivity index (χ1n) is 10.4. The van der Waals surface area contributed by atoms with Gasteiger partial charge in [0.25, 0.3) is 0 Å². The number of aliphatic imine (C=N–C) groups is 2. The van der Waals surface area contributed by atoms with Gasteiger partial charge in [-0.2, -0.15) is 5.26 Å². The molecule has 0 saturated carbocycles. The van der Waals surface area contributed by atoms with Crippen molar-refractivity contribution in [1.29, 1.82) is 5.26 Å². The summed E-state index contributed by atoms with van der Waals surface area (Å²) in [6.07, 6.45) is 0.905. The lowest BCUT2D eigenvalue weighted by molar-refractivity contribution is 0.646. The summed E-state index contributed by atoms with van der Waals surface area (Å²) in [7, 11) is 1.96. The standard InChI is InChI=1S/C26H26N4/c1-17(2)12-18-8-9-19(13-21(18)14-27)25-16-29-26(30-25)24-11-10-20(15-28-3)22-6-4-5-7-23(22)24/h4-11,13,17,28H,12,15-16H2,1-3H3. The Bertz CT molecular complexity index is 1200. The smallest absolute Gasteiger partial charge is 0.155 e. The zero-order valence-electron chi connectivity index (χ0n) is 17.7. The number of rotatable bonds is 6. The highest BCUT2D eigenvalue weighted by atomic mass is 15.0. The molecule has 4 nitrogen and oxygen atoms in total. The number of nitrogens with one attached hydrogen (secondary N) is 1. The summed E-state index contributed by atoms with van der Waals surface area (Å²) >= 11 is 0. The van der Waals surface area contributed by atoms with Gasteiger partial charge >= 0.3 is 0 Å². The lowest BCUT2D eigenvalue weighted by Gasteiger charge is -2.10. The van der Waals surface area contributed by atoms with Crippen LogP contribution in [0.5, 0.6) is 0 Å². The molecular formula is C26H26N4. The van der Waals surface area contributed by atoms with Crippen LogP contribution in [0.3, 0.4) is 0 Å². The average Bonchev–Trinajstić information content (AvgIpc) is 3.24. The molecule has 0 radical (unpaired) electrons. The van der Waals surface area contributed by atoms with Crippen LogP contribution in [0.15, 0.2) is 64.6 Å². The van der Waals surface area contributed by atoms with Crippen LogP contribution < -0.4 is 5.32 Å². The molecule has 0 atom stereocenters. The van der Waals surface area contributed by atoms with Crippen molar-refractivity contribution in [3.8, 4) is 6.07 Å². The molecule has 0 aromatic heterocycles. The van der Waals surface area contributed by atoms with Crippen LogP contribution in [0.1, 0.15) is 41.7 Å². The Labute approximate surface area is 178 Å². The van der Waals surface area contributed by atoms with E-state index in [1.807, 2.05) is 13.1 Å². The molecule has 0 fully saturated rings. The molecule has 1 aliphatic rings. The molecule has 4 heteroatoms. The lowest BCUT2D eigenvalue weighted by Crippen LogP contribution is -2.07. The summed E-state index contributed by atoms with van der Waals surface area (Å²) < 4.78 is 0. The monoisotopic (exact) mass is 394 g/mol. The highest BCUT2D eigenvalue weighted by Gasteiger charge is 2.18. The fourth-order valence-electron chi connectivity index (χ4n) is 4.03. The number of nitriles is 1. The van der Waals surface area contributed by atoms with Crippen molar-refractivity contribution in [2.24, 2.45) is 15.9 Å². The molecule has 4 rings (SSSR count). The largest absolute Gasteiger partial charge is 0.316 e. The van der Waals surface area contributed by atoms with Crippen molar-refractivity contribution in [2.75, 3.05) is 13.6 Å². The summed E-state index contributed by atoms with van der Waals surface area (Å²) in [5.74, 6) is 1.28. The number of amidine groups is 1. The molecule has 0 saturated heterocycles. The van der Waals surface area contributed by atoms with Gasteiger partial charge in [-0.1, -0.05) is 62.4 Å². The van der Waals surface area contributed by atoms with Crippen LogP contribution >= 0.6 is 0 Å². The number of hydrogen-bond donors (Lipinski definition) is 1. The fourth-order valence-corrected chi connectivity index (χ4v) is 4.03. The van der Waals surface area contributed by atoms with Crippen LogP contribution in [0.4, 0.5) is 0 Å². The second-order valence-electron chi connectivity index (χ2n) is 8.13. The first kappa shape index (κ1) is 20.0. The SMILES string of the molecule is CNCc1ccc(C2=NCC(c3ccc(CC(C)C)c(C#N)c3)=N2)c2ccccc12. The van der Waals surface area contributed by atoms with Crippen LogP contribution in [-0.2, 0) is 13.0 Å². The van der Waals surface area contributed by atoms with Gasteiger partial charge in [0.1, 0.15) is 0 Å². The Morgan fingerprint density at radius 3 is 2.53 bits per heavy atom. The lowest BCUT2D eigenvalue weighted by atomic mass is 9.95. The quantitative estimate of drug-likeness (QED) is 0.648. The minimum absolute atomic E-state index is 0.515.